The minimum absolute atomic E-state index is 0.236. The Bertz CT molecular complexity index is 272. The van der Waals surface area contributed by atoms with Gasteiger partial charge in [0.1, 0.15) is 11.6 Å². The van der Waals surface area contributed by atoms with E-state index in [2.05, 4.69) is 5.32 Å². The van der Waals surface area contributed by atoms with Gasteiger partial charge in [0.05, 0.1) is 6.61 Å². The Balaban J connectivity index is 4.17. The molecule has 0 spiro atoms. The number of nitrogens with one attached hydrogen (secondary N) is 1. The summed E-state index contributed by atoms with van der Waals surface area (Å²) in [6.45, 7) is 5.20. The van der Waals surface area contributed by atoms with Crippen LogP contribution < -0.4 is 5.32 Å². The number of ether oxygens (including phenoxy) is 2. The van der Waals surface area contributed by atoms with Crippen LogP contribution >= 0.6 is 0 Å². The van der Waals surface area contributed by atoms with Crippen LogP contribution in [0, 0.1) is 0 Å². The van der Waals surface area contributed by atoms with Crippen LogP contribution in [0.15, 0.2) is 0 Å². The van der Waals surface area contributed by atoms with Crippen molar-refractivity contribution in [1.82, 2.24) is 5.32 Å². The number of methoxy groups -OCH3 is 1. The molecular weight excluding hydrogens is 238 g/mol. The highest BCUT2D eigenvalue weighted by atomic mass is 16.6. The number of Topliss-reactive ketones (excluding diaryl/α,β-unsaturated/α-hetero) is 1. The number of hydrogen-bond acceptors (Lipinski definition) is 5. The second-order valence-corrected chi connectivity index (χ2v) is 4.94. The normalized spacial score (nSPS) is 12.9. The summed E-state index contributed by atoms with van der Waals surface area (Å²) in [4.78, 5) is 23.1. The van der Waals surface area contributed by atoms with Crippen LogP contribution in [0.3, 0.4) is 0 Å². The number of aliphatic hydroxyl groups is 1. The first-order valence-corrected chi connectivity index (χ1v) is 5.92. The van der Waals surface area contributed by atoms with E-state index in [-0.39, 0.29) is 12.2 Å². The standard InChI is InChI=1S/C12H23NO5/c1-12(2,3)18-11(16)13-9(8-14)10(15)6-5-7-17-4/h9,14H,5-8H2,1-4H3,(H,13,16). The lowest BCUT2D eigenvalue weighted by Gasteiger charge is -2.22. The zero-order valence-corrected chi connectivity index (χ0v) is 11.5. The minimum atomic E-state index is -0.920. The molecule has 0 aliphatic carbocycles. The minimum Gasteiger partial charge on any atom is -0.444 e. The summed E-state index contributed by atoms with van der Waals surface area (Å²) in [5, 5.41) is 11.4. The first kappa shape index (κ1) is 16.9. The van der Waals surface area contributed by atoms with Gasteiger partial charge in [-0.05, 0) is 27.2 Å². The van der Waals surface area contributed by atoms with Gasteiger partial charge in [0, 0.05) is 20.1 Å². The zero-order valence-electron chi connectivity index (χ0n) is 11.5. The third-order valence-corrected chi connectivity index (χ3v) is 2.03. The Morgan fingerprint density at radius 2 is 1.94 bits per heavy atom. The predicted octanol–water partition coefficient (Wildman–Crippen LogP) is 0.868. The summed E-state index contributed by atoms with van der Waals surface area (Å²) >= 11 is 0. The third kappa shape index (κ3) is 8.03. The van der Waals surface area contributed by atoms with Gasteiger partial charge in [-0.2, -0.15) is 0 Å². The molecule has 106 valence electrons. The molecule has 0 saturated heterocycles. The maximum absolute atomic E-state index is 11.7. The van der Waals surface area contributed by atoms with Crippen LogP contribution in [0.1, 0.15) is 33.6 Å². The maximum atomic E-state index is 11.7. The Kier molecular flexibility index (Phi) is 7.54. The van der Waals surface area contributed by atoms with Gasteiger partial charge >= 0.3 is 6.09 Å². The average Bonchev–Trinajstić information content (AvgIpc) is 2.23. The molecule has 18 heavy (non-hydrogen) atoms. The molecule has 0 fully saturated rings. The van der Waals surface area contributed by atoms with E-state index in [1.54, 1.807) is 27.9 Å². The second kappa shape index (κ2) is 8.05. The van der Waals surface area contributed by atoms with Crippen molar-refractivity contribution in [3.8, 4) is 0 Å². The van der Waals surface area contributed by atoms with E-state index < -0.39 is 24.3 Å². The number of alkyl carbamates (subject to hydrolysis) is 1. The fraction of sp³-hybridized carbons (Fsp3) is 0.833. The molecule has 1 amide bonds. The van der Waals surface area contributed by atoms with Crippen LogP contribution in [0.2, 0.25) is 0 Å². The Morgan fingerprint density at radius 1 is 1.33 bits per heavy atom. The molecular formula is C12H23NO5. The SMILES string of the molecule is COCCCC(=O)C(CO)NC(=O)OC(C)(C)C. The molecule has 0 aromatic heterocycles. The predicted molar refractivity (Wildman–Crippen MR) is 66.4 cm³/mol. The summed E-state index contributed by atoms with van der Waals surface area (Å²) in [6.07, 6.45) is 0.0955. The molecule has 0 rings (SSSR count). The van der Waals surface area contributed by atoms with E-state index >= 15 is 0 Å². The van der Waals surface area contributed by atoms with Gasteiger partial charge in [0.15, 0.2) is 5.78 Å². The monoisotopic (exact) mass is 261 g/mol. The molecule has 0 aliphatic rings. The molecule has 0 aliphatic heterocycles. The van der Waals surface area contributed by atoms with Gasteiger partial charge in [-0.15, -0.1) is 0 Å². The van der Waals surface area contributed by atoms with E-state index in [4.69, 9.17) is 14.6 Å². The van der Waals surface area contributed by atoms with Crippen molar-refractivity contribution >= 4 is 11.9 Å². The fourth-order valence-electron chi connectivity index (χ4n) is 1.24. The number of ketones is 1. The van der Waals surface area contributed by atoms with Gasteiger partial charge in [0.25, 0.3) is 0 Å². The van der Waals surface area contributed by atoms with Gasteiger partial charge in [-0.1, -0.05) is 0 Å². The van der Waals surface area contributed by atoms with Crippen molar-refractivity contribution in [2.45, 2.75) is 45.3 Å². The highest BCUT2D eigenvalue weighted by Gasteiger charge is 2.23. The smallest absolute Gasteiger partial charge is 0.408 e. The average molecular weight is 261 g/mol. The molecule has 0 bridgehead atoms. The van der Waals surface area contributed by atoms with Crippen molar-refractivity contribution in [2.24, 2.45) is 0 Å². The molecule has 6 heteroatoms. The lowest BCUT2D eigenvalue weighted by molar-refractivity contribution is -0.122. The number of amides is 1. The van der Waals surface area contributed by atoms with E-state index in [0.717, 1.165) is 0 Å². The van der Waals surface area contributed by atoms with Crippen LogP contribution in [0.5, 0.6) is 0 Å². The van der Waals surface area contributed by atoms with E-state index in [1.807, 2.05) is 0 Å². The first-order chi connectivity index (χ1) is 8.30. The quantitative estimate of drug-likeness (QED) is 0.664. The Hall–Kier alpha value is -1.14. The van der Waals surface area contributed by atoms with Gasteiger partial charge < -0.3 is 19.9 Å². The molecule has 0 heterocycles. The van der Waals surface area contributed by atoms with Crippen molar-refractivity contribution in [1.29, 1.82) is 0 Å². The first-order valence-electron chi connectivity index (χ1n) is 5.92. The molecule has 6 nitrogen and oxygen atoms in total. The van der Waals surface area contributed by atoms with Crippen molar-refractivity contribution in [3.05, 3.63) is 0 Å². The Morgan fingerprint density at radius 3 is 2.39 bits per heavy atom. The lowest BCUT2D eigenvalue weighted by atomic mass is 10.1. The van der Waals surface area contributed by atoms with Crippen LogP contribution in [0.4, 0.5) is 4.79 Å². The summed E-state index contributed by atoms with van der Waals surface area (Å²) < 4.78 is 9.83. The largest absolute Gasteiger partial charge is 0.444 e. The van der Waals surface area contributed by atoms with E-state index in [1.165, 1.54) is 0 Å². The van der Waals surface area contributed by atoms with Crippen molar-refractivity contribution < 1.29 is 24.2 Å². The molecule has 0 saturated carbocycles. The van der Waals surface area contributed by atoms with Crippen LogP contribution in [-0.4, -0.2) is 48.9 Å². The van der Waals surface area contributed by atoms with Crippen LogP contribution in [-0.2, 0) is 14.3 Å². The molecule has 0 aromatic rings. The third-order valence-electron chi connectivity index (χ3n) is 2.03. The summed E-state index contributed by atoms with van der Waals surface area (Å²) in [6, 6.07) is -0.920. The number of aliphatic hydroxyl groups excluding tert-OH is 1. The Labute approximate surface area is 108 Å². The summed E-state index contributed by atoms with van der Waals surface area (Å²) in [5.74, 6) is -0.236. The van der Waals surface area contributed by atoms with E-state index in [9.17, 15) is 9.59 Å². The molecule has 0 radical (unpaired) electrons. The maximum Gasteiger partial charge on any atom is 0.408 e. The molecule has 1 atom stereocenters. The summed E-state index contributed by atoms with van der Waals surface area (Å²) in [5.41, 5.74) is -0.636. The highest BCUT2D eigenvalue weighted by molar-refractivity contribution is 5.87. The zero-order chi connectivity index (χ0) is 14.2. The van der Waals surface area contributed by atoms with E-state index in [0.29, 0.717) is 13.0 Å². The number of hydrogen-bond donors (Lipinski definition) is 2. The number of rotatable bonds is 7. The van der Waals surface area contributed by atoms with Gasteiger partial charge in [-0.25, -0.2) is 4.79 Å². The van der Waals surface area contributed by atoms with Crippen LogP contribution in [0.25, 0.3) is 0 Å². The molecule has 1 unspecified atom stereocenters. The second-order valence-electron chi connectivity index (χ2n) is 4.94. The number of carbonyl (C=O) groups excluding carboxylic acids is 2. The lowest BCUT2D eigenvalue weighted by Crippen LogP contribution is -2.45. The number of carbonyl (C=O) groups is 2. The van der Waals surface area contributed by atoms with Crippen molar-refractivity contribution in [2.75, 3.05) is 20.3 Å². The topological polar surface area (TPSA) is 84.9 Å². The van der Waals surface area contributed by atoms with Crippen molar-refractivity contribution in [3.63, 3.8) is 0 Å². The van der Waals surface area contributed by atoms with Gasteiger partial charge in [0.2, 0.25) is 0 Å². The molecule has 0 aromatic carbocycles. The fourth-order valence-corrected chi connectivity index (χ4v) is 1.24. The summed E-state index contributed by atoms with van der Waals surface area (Å²) in [7, 11) is 1.55. The highest BCUT2D eigenvalue weighted by Crippen LogP contribution is 2.07. The van der Waals surface area contributed by atoms with Gasteiger partial charge in [-0.3, -0.25) is 4.79 Å². The molecule has 2 N–H and O–H groups in total.